The number of rotatable bonds is 32. The van der Waals surface area contributed by atoms with Gasteiger partial charge in [0.25, 0.3) is 0 Å². The molecule has 0 aliphatic carbocycles. The van der Waals surface area contributed by atoms with Gasteiger partial charge < -0.3 is 28.6 Å². The molecule has 0 rings (SSSR count). The minimum Gasteiger partial charge on any atom is -0.544 e. The van der Waals surface area contributed by atoms with Crippen molar-refractivity contribution in [2.75, 3.05) is 41.0 Å². The summed E-state index contributed by atoms with van der Waals surface area (Å²) >= 11 is 0. The van der Waals surface area contributed by atoms with Crippen LogP contribution in [-0.4, -0.2) is 75.5 Å². The number of carbonyl (C=O) groups excluding carboxylic acids is 3. The SMILES string of the molecule is CCCC/C=C/C=C/CCCCCC(=O)OCC(COCCC(C(=O)[O-])[N+](C)(C)C)OC(=O)CC/C=C/C/C=C/CCCCCCCC. The van der Waals surface area contributed by atoms with Crippen LogP contribution >= 0.6 is 0 Å². The van der Waals surface area contributed by atoms with E-state index in [0.717, 1.165) is 44.9 Å². The summed E-state index contributed by atoms with van der Waals surface area (Å²) in [4.78, 5) is 36.5. The van der Waals surface area contributed by atoms with Gasteiger partial charge in [0.1, 0.15) is 12.6 Å². The van der Waals surface area contributed by atoms with Gasteiger partial charge >= 0.3 is 11.9 Å². The van der Waals surface area contributed by atoms with Crippen LogP contribution in [0, 0.1) is 0 Å². The topological polar surface area (TPSA) is 102 Å². The molecule has 0 radical (unpaired) electrons. The zero-order valence-corrected chi connectivity index (χ0v) is 31.1. The van der Waals surface area contributed by atoms with E-state index < -0.39 is 24.1 Å². The van der Waals surface area contributed by atoms with Crippen molar-refractivity contribution in [1.82, 2.24) is 0 Å². The van der Waals surface area contributed by atoms with Gasteiger partial charge in [0.05, 0.1) is 40.3 Å². The second-order valence-electron chi connectivity index (χ2n) is 13.5. The number of quaternary nitrogens is 1. The van der Waals surface area contributed by atoms with E-state index in [-0.39, 0.29) is 43.1 Å². The molecule has 0 heterocycles. The van der Waals surface area contributed by atoms with Crippen molar-refractivity contribution in [3.05, 3.63) is 48.6 Å². The van der Waals surface area contributed by atoms with Crippen LogP contribution in [0.5, 0.6) is 0 Å². The lowest BCUT2D eigenvalue weighted by Crippen LogP contribution is -2.55. The highest BCUT2D eigenvalue weighted by molar-refractivity contribution is 5.70. The predicted octanol–water partition coefficient (Wildman–Crippen LogP) is 7.96. The highest BCUT2D eigenvalue weighted by atomic mass is 16.6. The van der Waals surface area contributed by atoms with Crippen LogP contribution in [0.1, 0.15) is 136 Å². The molecule has 0 aliphatic heterocycles. The van der Waals surface area contributed by atoms with E-state index in [1.807, 2.05) is 6.08 Å². The molecule has 0 saturated carbocycles. The largest absolute Gasteiger partial charge is 0.544 e. The fraction of sp³-hybridized carbons (Fsp3) is 0.725. The van der Waals surface area contributed by atoms with E-state index in [0.29, 0.717) is 12.8 Å². The van der Waals surface area contributed by atoms with Crippen molar-refractivity contribution in [3.63, 3.8) is 0 Å². The average Bonchev–Trinajstić information content (AvgIpc) is 3.03. The number of allylic oxidation sites excluding steroid dienone is 8. The molecule has 2 atom stereocenters. The van der Waals surface area contributed by atoms with Crippen molar-refractivity contribution in [1.29, 1.82) is 0 Å². The van der Waals surface area contributed by atoms with E-state index in [9.17, 15) is 19.5 Å². The van der Waals surface area contributed by atoms with Crippen molar-refractivity contribution in [3.8, 4) is 0 Å². The predicted molar refractivity (Wildman–Crippen MR) is 194 cm³/mol. The van der Waals surface area contributed by atoms with Crippen LogP contribution in [0.25, 0.3) is 0 Å². The first kappa shape index (κ1) is 45.3. The molecule has 0 fully saturated rings. The summed E-state index contributed by atoms with van der Waals surface area (Å²) in [6.07, 6.45) is 34.4. The Hall–Kier alpha value is -2.71. The molecule has 8 heteroatoms. The number of ether oxygens (including phenoxy) is 3. The Morgan fingerprint density at radius 1 is 0.646 bits per heavy atom. The summed E-state index contributed by atoms with van der Waals surface area (Å²) in [5.74, 6) is -1.87. The second kappa shape index (κ2) is 31.6. The van der Waals surface area contributed by atoms with Crippen molar-refractivity contribution in [2.24, 2.45) is 0 Å². The Morgan fingerprint density at radius 2 is 1.23 bits per heavy atom. The zero-order chi connectivity index (χ0) is 35.7. The molecule has 0 aliphatic rings. The third-order valence-corrected chi connectivity index (χ3v) is 7.98. The third-order valence-electron chi connectivity index (χ3n) is 7.98. The number of hydrogen-bond donors (Lipinski definition) is 0. The maximum Gasteiger partial charge on any atom is 0.306 e. The molecule has 48 heavy (non-hydrogen) atoms. The monoisotopic (exact) mass is 676 g/mol. The van der Waals surface area contributed by atoms with Crippen molar-refractivity contribution < 1.29 is 38.2 Å². The quantitative estimate of drug-likeness (QED) is 0.0234. The van der Waals surface area contributed by atoms with Crippen molar-refractivity contribution >= 4 is 17.9 Å². The number of carboxylic acids is 1. The van der Waals surface area contributed by atoms with Crippen LogP contribution < -0.4 is 5.11 Å². The van der Waals surface area contributed by atoms with Crippen LogP contribution in [0.4, 0.5) is 0 Å². The Balaban J connectivity index is 4.58. The van der Waals surface area contributed by atoms with Crippen LogP contribution in [0.3, 0.4) is 0 Å². The fourth-order valence-electron chi connectivity index (χ4n) is 4.98. The van der Waals surface area contributed by atoms with Crippen molar-refractivity contribution in [2.45, 2.75) is 148 Å². The summed E-state index contributed by atoms with van der Waals surface area (Å²) in [5, 5.41) is 11.6. The van der Waals surface area contributed by atoms with Gasteiger partial charge in [-0.3, -0.25) is 9.59 Å². The first-order valence-corrected chi connectivity index (χ1v) is 18.7. The molecular weight excluding hydrogens is 606 g/mol. The number of esters is 2. The van der Waals surface area contributed by atoms with Crippen LogP contribution in [0.2, 0.25) is 0 Å². The Morgan fingerprint density at radius 3 is 1.88 bits per heavy atom. The number of carbonyl (C=O) groups is 3. The second-order valence-corrected chi connectivity index (χ2v) is 13.5. The number of hydrogen-bond acceptors (Lipinski definition) is 7. The number of unbranched alkanes of at least 4 members (excludes halogenated alkanes) is 11. The fourth-order valence-corrected chi connectivity index (χ4v) is 4.98. The lowest BCUT2D eigenvalue weighted by atomic mass is 10.1. The maximum absolute atomic E-state index is 12.6. The number of carboxylic acid groups (broad SMARTS) is 1. The maximum atomic E-state index is 12.6. The standard InChI is InChI=1S/C40H69NO7/c1-6-8-10-12-14-16-18-19-21-23-25-27-29-31-39(43)48-36(34-46-33-32-37(40(44)45)41(3,4)5)35-47-38(42)30-28-26-24-22-20-17-15-13-11-9-7-2/h13,15,17,19-21,25,27,36-37H,6-12,14,16,18,22-24,26,28-35H2,1-5H3/b15-13+,20-17+,21-19+,27-25+. The molecule has 8 nitrogen and oxygen atoms in total. The Bertz CT molecular complexity index is 932. The summed E-state index contributed by atoms with van der Waals surface area (Å²) < 4.78 is 17.0. The molecule has 0 aromatic carbocycles. The highest BCUT2D eigenvalue weighted by Gasteiger charge is 2.25. The molecule has 276 valence electrons. The van der Waals surface area contributed by atoms with Crippen LogP contribution in [0.15, 0.2) is 48.6 Å². The van der Waals surface area contributed by atoms with Gasteiger partial charge in [-0.1, -0.05) is 114 Å². The van der Waals surface area contributed by atoms with Gasteiger partial charge in [-0.15, -0.1) is 0 Å². The summed E-state index contributed by atoms with van der Waals surface area (Å²) in [6.45, 7) is 4.48. The lowest BCUT2D eigenvalue weighted by Gasteiger charge is -2.34. The number of nitrogens with zero attached hydrogens (tertiary/aromatic N) is 1. The Kier molecular flexibility index (Phi) is 29.8. The van der Waals surface area contributed by atoms with E-state index in [1.165, 1.54) is 51.4 Å². The van der Waals surface area contributed by atoms with Gasteiger partial charge in [-0.05, 0) is 51.4 Å². The van der Waals surface area contributed by atoms with Gasteiger partial charge in [-0.25, -0.2) is 0 Å². The van der Waals surface area contributed by atoms with E-state index in [2.05, 4.69) is 56.4 Å². The number of likely N-dealkylation sites (N-methyl/N-ethyl adjacent to an activating group) is 1. The van der Waals surface area contributed by atoms with Gasteiger partial charge in [0.15, 0.2) is 6.10 Å². The minimum atomic E-state index is -1.14. The smallest absolute Gasteiger partial charge is 0.306 e. The summed E-state index contributed by atoms with van der Waals surface area (Å²) in [5.41, 5.74) is 0. The van der Waals surface area contributed by atoms with E-state index >= 15 is 0 Å². The first-order valence-electron chi connectivity index (χ1n) is 18.7. The zero-order valence-electron chi connectivity index (χ0n) is 31.1. The Labute approximate surface area is 293 Å². The highest BCUT2D eigenvalue weighted by Crippen LogP contribution is 2.11. The average molecular weight is 676 g/mol. The summed E-state index contributed by atoms with van der Waals surface area (Å²) in [6, 6.07) is -0.737. The first-order chi connectivity index (χ1) is 23.1. The normalized spacial score (nSPS) is 13.6. The minimum absolute atomic E-state index is 0.00833. The van der Waals surface area contributed by atoms with E-state index in [4.69, 9.17) is 14.2 Å². The number of aliphatic carboxylic acids is 1. The third kappa shape index (κ3) is 29.4. The van der Waals surface area contributed by atoms with E-state index in [1.54, 1.807) is 21.1 Å². The molecule has 0 saturated heterocycles. The molecule has 0 aromatic rings. The molecular formula is C40H69NO7. The van der Waals surface area contributed by atoms with Gasteiger partial charge in [0, 0.05) is 19.3 Å². The lowest BCUT2D eigenvalue weighted by molar-refractivity contribution is -0.889. The van der Waals surface area contributed by atoms with Crippen LogP contribution in [-0.2, 0) is 28.6 Å². The molecule has 2 unspecified atom stereocenters. The molecule has 0 aromatic heterocycles. The molecule has 0 amide bonds. The van der Waals surface area contributed by atoms with Gasteiger partial charge in [-0.2, -0.15) is 0 Å². The summed E-state index contributed by atoms with van der Waals surface area (Å²) in [7, 11) is 5.36. The van der Waals surface area contributed by atoms with Gasteiger partial charge in [0.2, 0.25) is 0 Å². The molecule has 0 N–H and O–H groups in total. The molecule has 0 bridgehead atoms. The molecule has 0 spiro atoms.